The van der Waals surface area contributed by atoms with Gasteiger partial charge in [0.05, 0.1) is 4.92 Å². The lowest BCUT2D eigenvalue weighted by Crippen LogP contribution is -2.49. The fraction of sp³-hybridized carbons (Fsp3) is 0.647. The first kappa shape index (κ1) is 17.4. The molecule has 3 heterocycles. The summed E-state index contributed by atoms with van der Waals surface area (Å²) in [5, 5.41) is 11.2. The first-order valence-electron chi connectivity index (χ1n) is 8.98. The SMILES string of the molecule is NC(=O)N1CCCCC[C@H]1C1CCN(c2ncccc2[N+](=O)[O-])CC1. The van der Waals surface area contributed by atoms with Gasteiger partial charge in [0.2, 0.25) is 5.82 Å². The van der Waals surface area contributed by atoms with Crippen LogP contribution in [0, 0.1) is 16.0 Å². The maximum atomic E-state index is 11.8. The summed E-state index contributed by atoms with van der Waals surface area (Å²) in [5.41, 5.74) is 5.65. The molecule has 0 radical (unpaired) electrons. The molecule has 3 rings (SSSR count). The van der Waals surface area contributed by atoms with E-state index in [9.17, 15) is 14.9 Å². The van der Waals surface area contributed by atoms with Crippen LogP contribution in [0.15, 0.2) is 18.3 Å². The molecule has 8 nitrogen and oxygen atoms in total. The fourth-order valence-electron chi connectivity index (χ4n) is 4.17. The Balaban J connectivity index is 1.69. The molecule has 2 N–H and O–H groups in total. The quantitative estimate of drug-likeness (QED) is 0.668. The number of rotatable bonds is 3. The summed E-state index contributed by atoms with van der Waals surface area (Å²) in [6.07, 6.45) is 7.65. The molecule has 2 amide bonds. The Morgan fingerprint density at radius 1 is 1.20 bits per heavy atom. The van der Waals surface area contributed by atoms with Gasteiger partial charge in [0.15, 0.2) is 0 Å². The van der Waals surface area contributed by atoms with Crippen molar-refractivity contribution in [3.8, 4) is 0 Å². The van der Waals surface area contributed by atoms with Gasteiger partial charge < -0.3 is 15.5 Å². The number of nitro groups is 1. The van der Waals surface area contributed by atoms with Crippen molar-refractivity contribution < 1.29 is 9.72 Å². The molecule has 0 aliphatic carbocycles. The topological polar surface area (TPSA) is 106 Å². The Labute approximate surface area is 147 Å². The van der Waals surface area contributed by atoms with Crippen molar-refractivity contribution >= 4 is 17.5 Å². The number of primary amides is 1. The molecule has 2 fully saturated rings. The van der Waals surface area contributed by atoms with Gasteiger partial charge in [-0.1, -0.05) is 12.8 Å². The van der Waals surface area contributed by atoms with Crippen LogP contribution in [0.25, 0.3) is 0 Å². The minimum absolute atomic E-state index is 0.0502. The van der Waals surface area contributed by atoms with E-state index in [0.717, 1.165) is 45.1 Å². The number of nitrogens with two attached hydrogens (primary N) is 1. The van der Waals surface area contributed by atoms with Crippen LogP contribution in [0.2, 0.25) is 0 Å². The summed E-state index contributed by atoms with van der Waals surface area (Å²) < 4.78 is 0. The normalized spacial score (nSPS) is 22.5. The van der Waals surface area contributed by atoms with Gasteiger partial charge in [-0.15, -0.1) is 0 Å². The summed E-state index contributed by atoms with van der Waals surface area (Å²) in [5.74, 6) is 0.836. The van der Waals surface area contributed by atoms with Crippen LogP contribution in [0.5, 0.6) is 0 Å². The zero-order chi connectivity index (χ0) is 17.8. The molecule has 1 aromatic heterocycles. The second-order valence-electron chi connectivity index (χ2n) is 6.88. The maximum absolute atomic E-state index is 11.8. The highest BCUT2D eigenvalue weighted by Crippen LogP contribution is 2.33. The fourth-order valence-corrected chi connectivity index (χ4v) is 4.17. The van der Waals surface area contributed by atoms with Crippen molar-refractivity contribution in [1.82, 2.24) is 9.88 Å². The van der Waals surface area contributed by atoms with Crippen LogP contribution in [0.3, 0.4) is 0 Å². The Hall–Kier alpha value is -2.38. The number of anilines is 1. The second kappa shape index (κ2) is 7.67. The predicted octanol–water partition coefficient (Wildman–Crippen LogP) is 2.53. The third-order valence-electron chi connectivity index (χ3n) is 5.43. The molecule has 1 atom stereocenters. The van der Waals surface area contributed by atoms with Gasteiger partial charge >= 0.3 is 11.7 Å². The third kappa shape index (κ3) is 3.83. The van der Waals surface area contributed by atoms with Crippen LogP contribution in [-0.2, 0) is 0 Å². The first-order chi connectivity index (χ1) is 12.1. The van der Waals surface area contributed by atoms with Crippen molar-refractivity contribution in [3.05, 3.63) is 28.4 Å². The number of carbonyl (C=O) groups excluding carboxylic acids is 1. The Morgan fingerprint density at radius 3 is 2.64 bits per heavy atom. The zero-order valence-corrected chi connectivity index (χ0v) is 14.3. The summed E-state index contributed by atoms with van der Waals surface area (Å²) in [6.45, 7) is 2.17. The Morgan fingerprint density at radius 2 is 1.96 bits per heavy atom. The number of aromatic nitrogens is 1. The number of hydrogen-bond acceptors (Lipinski definition) is 5. The second-order valence-corrected chi connectivity index (χ2v) is 6.88. The number of nitrogens with zero attached hydrogens (tertiary/aromatic N) is 4. The van der Waals surface area contributed by atoms with Gasteiger partial charge in [0, 0.05) is 37.9 Å². The van der Waals surface area contributed by atoms with E-state index in [1.54, 1.807) is 12.3 Å². The summed E-state index contributed by atoms with van der Waals surface area (Å²) in [7, 11) is 0. The van der Waals surface area contributed by atoms with Crippen LogP contribution in [0.4, 0.5) is 16.3 Å². The Bertz CT molecular complexity index is 630. The van der Waals surface area contributed by atoms with E-state index in [1.807, 2.05) is 9.80 Å². The van der Waals surface area contributed by atoms with E-state index < -0.39 is 0 Å². The van der Waals surface area contributed by atoms with Crippen molar-refractivity contribution in [1.29, 1.82) is 0 Å². The van der Waals surface area contributed by atoms with Crippen LogP contribution < -0.4 is 10.6 Å². The molecule has 2 aliphatic heterocycles. The van der Waals surface area contributed by atoms with Gasteiger partial charge in [-0.3, -0.25) is 10.1 Å². The lowest BCUT2D eigenvalue weighted by Gasteiger charge is -2.40. The molecule has 25 heavy (non-hydrogen) atoms. The highest BCUT2D eigenvalue weighted by atomic mass is 16.6. The zero-order valence-electron chi connectivity index (χ0n) is 14.3. The average Bonchev–Trinajstić information content (AvgIpc) is 2.88. The molecule has 136 valence electrons. The minimum Gasteiger partial charge on any atom is -0.351 e. The highest BCUT2D eigenvalue weighted by molar-refractivity contribution is 5.72. The van der Waals surface area contributed by atoms with Crippen LogP contribution >= 0.6 is 0 Å². The van der Waals surface area contributed by atoms with Gasteiger partial charge in [-0.25, -0.2) is 9.78 Å². The molecule has 0 unspecified atom stereocenters. The van der Waals surface area contributed by atoms with Gasteiger partial charge in [0.1, 0.15) is 0 Å². The van der Waals surface area contributed by atoms with Crippen LogP contribution in [0.1, 0.15) is 38.5 Å². The van der Waals surface area contributed by atoms with Gasteiger partial charge in [0.25, 0.3) is 0 Å². The largest absolute Gasteiger partial charge is 0.351 e. The molecule has 0 spiro atoms. The van der Waals surface area contributed by atoms with E-state index in [2.05, 4.69) is 4.98 Å². The van der Waals surface area contributed by atoms with Crippen molar-refractivity contribution in [2.24, 2.45) is 11.7 Å². The summed E-state index contributed by atoms with van der Waals surface area (Å²) in [6, 6.07) is 2.95. The monoisotopic (exact) mass is 347 g/mol. The lowest BCUT2D eigenvalue weighted by molar-refractivity contribution is -0.384. The summed E-state index contributed by atoms with van der Waals surface area (Å²) in [4.78, 5) is 30.7. The molecule has 1 aromatic rings. The Kier molecular flexibility index (Phi) is 5.35. The van der Waals surface area contributed by atoms with E-state index in [-0.39, 0.29) is 22.7 Å². The van der Waals surface area contributed by atoms with E-state index in [4.69, 9.17) is 5.73 Å². The number of likely N-dealkylation sites (tertiary alicyclic amines) is 1. The first-order valence-corrected chi connectivity index (χ1v) is 8.98. The molecule has 0 aromatic carbocycles. The molecule has 2 saturated heterocycles. The summed E-state index contributed by atoms with van der Waals surface area (Å²) >= 11 is 0. The standard InChI is InChI=1S/C17H25N5O3/c18-17(23)21-10-3-1-2-5-14(21)13-7-11-20(12-8-13)16-15(22(24)25)6-4-9-19-16/h4,6,9,13-14H,1-3,5,7-8,10-12H2,(H2,18,23)/t14-/m0/s1. The number of urea groups is 1. The maximum Gasteiger partial charge on any atom is 0.315 e. The highest BCUT2D eigenvalue weighted by Gasteiger charge is 2.34. The molecule has 2 aliphatic rings. The molecule has 0 saturated carbocycles. The van der Waals surface area contributed by atoms with Crippen molar-refractivity contribution in [2.45, 2.75) is 44.6 Å². The van der Waals surface area contributed by atoms with E-state index in [1.165, 1.54) is 6.07 Å². The molecular weight excluding hydrogens is 322 g/mol. The van der Waals surface area contributed by atoms with Gasteiger partial charge in [-0.2, -0.15) is 0 Å². The number of pyridine rings is 1. The molecule has 8 heteroatoms. The molecular formula is C17H25N5O3. The minimum atomic E-state index is -0.380. The lowest BCUT2D eigenvalue weighted by atomic mass is 9.86. The average molecular weight is 347 g/mol. The third-order valence-corrected chi connectivity index (χ3v) is 5.43. The van der Waals surface area contributed by atoms with E-state index >= 15 is 0 Å². The van der Waals surface area contributed by atoms with Gasteiger partial charge in [-0.05, 0) is 37.7 Å². The smallest absolute Gasteiger partial charge is 0.315 e. The number of carbonyl (C=O) groups is 1. The molecule has 0 bridgehead atoms. The number of hydrogen-bond donors (Lipinski definition) is 1. The van der Waals surface area contributed by atoms with Crippen LogP contribution in [-0.4, -0.2) is 46.5 Å². The van der Waals surface area contributed by atoms with Crippen molar-refractivity contribution in [2.75, 3.05) is 24.5 Å². The number of amides is 2. The number of piperidine rings is 1. The predicted molar refractivity (Wildman–Crippen MR) is 94.4 cm³/mol. The van der Waals surface area contributed by atoms with E-state index in [0.29, 0.717) is 24.8 Å². The van der Waals surface area contributed by atoms with Crippen molar-refractivity contribution in [3.63, 3.8) is 0 Å².